The molecule has 1 amide bonds. The molecule has 3 aromatic carbocycles. The number of aryl methyl sites for hydroxylation is 1. The van der Waals surface area contributed by atoms with E-state index in [-0.39, 0.29) is 45.0 Å². The number of sulfonamides is 1. The van der Waals surface area contributed by atoms with Gasteiger partial charge in [-0.2, -0.15) is 0 Å². The molecular weight excluding hydrogens is 480 g/mol. The van der Waals surface area contributed by atoms with E-state index in [1.165, 1.54) is 24.3 Å². The van der Waals surface area contributed by atoms with Crippen LogP contribution in [0.4, 0.5) is 0 Å². The van der Waals surface area contributed by atoms with Gasteiger partial charge < -0.3 is 4.57 Å². The topological polar surface area (TPSA) is 81.1 Å². The Labute approximate surface area is 217 Å². The van der Waals surface area contributed by atoms with Gasteiger partial charge in [0.25, 0.3) is 15.9 Å². The van der Waals surface area contributed by atoms with Crippen LogP contribution in [-0.2, 0) is 16.6 Å². The second-order valence-electron chi connectivity index (χ2n) is 6.93. The first-order chi connectivity index (χ1) is 14.7. The Bertz CT molecular complexity index is 1420. The first-order valence-electron chi connectivity index (χ1n) is 9.27. The van der Waals surface area contributed by atoms with Crippen molar-refractivity contribution in [1.29, 1.82) is 0 Å². The number of hydrogen-bond acceptors (Lipinski definition) is 4. The summed E-state index contributed by atoms with van der Waals surface area (Å²) in [6, 6.07) is 18.0. The average Bonchev–Trinajstić information content (AvgIpc) is 3.04. The minimum atomic E-state index is -4.07. The molecule has 0 saturated carbocycles. The number of imidazole rings is 1. The van der Waals surface area contributed by atoms with E-state index < -0.39 is 15.9 Å². The van der Waals surface area contributed by atoms with Crippen molar-refractivity contribution in [3.05, 3.63) is 93.7 Å². The van der Waals surface area contributed by atoms with Gasteiger partial charge in [0.05, 0.1) is 22.5 Å². The summed E-state index contributed by atoms with van der Waals surface area (Å²) in [7, 11) is -4.07. The Morgan fingerprint density at radius 3 is 2.50 bits per heavy atom. The van der Waals surface area contributed by atoms with E-state index in [2.05, 4.69) is 9.71 Å². The van der Waals surface area contributed by atoms with Crippen molar-refractivity contribution in [3.8, 4) is 0 Å². The van der Waals surface area contributed by atoms with E-state index in [0.717, 1.165) is 11.4 Å². The summed E-state index contributed by atoms with van der Waals surface area (Å²) >= 11 is 12.2. The molecule has 0 aliphatic rings. The normalized spacial score (nSPS) is 11.2. The molecule has 4 aromatic rings. The Hall–Kier alpha value is -1.87. The number of hydrogen-bond donors (Lipinski definition) is 1. The van der Waals surface area contributed by atoms with Crippen LogP contribution >= 0.6 is 23.2 Å². The number of benzene rings is 3. The average molecular weight is 498 g/mol. The van der Waals surface area contributed by atoms with Gasteiger partial charge in [-0.05, 0) is 55.0 Å². The zero-order valence-corrected chi connectivity index (χ0v) is 18.7. The fourth-order valence-electron chi connectivity index (χ4n) is 3.25. The van der Waals surface area contributed by atoms with Crippen LogP contribution in [0.1, 0.15) is 21.7 Å². The number of amides is 1. The number of carbonyl (C=O) groups is 1. The number of rotatable bonds is 5. The van der Waals surface area contributed by atoms with Crippen molar-refractivity contribution in [2.45, 2.75) is 18.4 Å². The van der Waals surface area contributed by atoms with E-state index in [9.17, 15) is 13.2 Å². The zero-order valence-electron chi connectivity index (χ0n) is 16.3. The molecule has 0 saturated heterocycles. The van der Waals surface area contributed by atoms with Crippen LogP contribution in [0.25, 0.3) is 11.0 Å². The molecule has 4 rings (SSSR count). The van der Waals surface area contributed by atoms with Gasteiger partial charge in [-0.1, -0.05) is 47.5 Å². The Balaban J connectivity index is 0.00000289. The molecule has 1 aromatic heterocycles. The van der Waals surface area contributed by atoms with Crippen LogP contribution in [0.15, 0.2) is 71.6 Å². The molecular formula is C22H18Cl2N3NaO3S. The molecule has 0 radical (unpaired) electrons. The first-order valence-corrected chi connectivity index (χ1v) is 11.5. The molecule has 0 spiro atoms. The minimum absolute atomic E-state index is 0. The summed E-state index contributed by atoms with van der Waals surface area (Å²) in [6.07, 6.45) is 0. The van der Waals surface area contributed by atoms with Crippen molar-refractivity contribution in [3.63, 3.8) is 0 Å². The SMILES string of the molecule is Cc1nc2ccc(C(=O)NS(=O)(=O)c3cccc(Cl)c3)cc2n1Cc1ccccc1Cl.[NaH]. The second kappa shape index (κ2) is 9.95. The van der Waals surface area contributed by atoms with Crippen LogP contribution in [0.2, 0.25) is 10.0 Å². The maximum absolute atomic E-state index is 12.7. The van der Waals surface area contributed by atoms with Gasteiger partial charge in [-0.3, -0.25) is 4.79 Å². The molecule has 1 N–H and O–H groups in total. The Kier molecular flexibility index (Phi) is 7.70. The fraction of sp³-hybridized carbons (Fsp3) is 0.0909. The molecule has 0 aliphatic carbocycles. The summed E-state index contributed by atoms with van der Waals surface area (Å²) in [5.41, 5.74) is 2.49. The van der Waals surface area contributed by atoms with Crippen LogP contribution < -0.4 is 4.72 Å². The third-order valence-corrected chi connectivity index (χ3v) is 6.75. The predicted octanol–water partition coefficient (Wildman–Crippen LogP) is 4.17. The molecule has 0 bridgehead atoms. The van der Waals surface area contributed by atoms with Gasteiger partial charge in [0, 0.05) is 15.6 Å². The van der Waals surface area contributed by atoms with Crippen molar-refractivity contribution in [1.82, 2.24) is 14.3 Å². The van der Waals surface area contributed by atoms with Gasteiger partial charge in [0.2, 0.25) is 0 Å². The molecule has 0 unspecified atom stereocenters. The van der Waals surface area contributed by atoms with Gasteiger partial charge in [0.15, 0.2) is 0 Å². The van der Waals surface area contributed by atoms with E-state index in [1.807, 2.05) is 35.8 Å². The van der Waals surface area contributed by atoms with Crippen molar-refractivity contribution in [2.24, 2.45) is 0 Å². The monoisotopic (exact) mass is 497 g/mol. The molecule has 1 heterocycles. The second-order valence-corrected chi connectivity index (χ2v) is 9.46. The number of nitrogens with zero attached hydrogens (tertiary/aromatic N) is 2. The molecule has 0 fully saturated rings. The summed E-state index contributed by atoms with van der Waals surface area (Å²) in [6.45, 7) is 2.33. The summed E-state index contributed by atoms with van der Waals surface area (Å²) in [5.74, 6) is 0.00375. The van der Waals surface area contributed by atoms with Crippen LogP contribution in [0, 0.1) is 6.92 Å². The quantitative estimate of drug-likeness (QED) is 0.419. The van der Waals surface area contributed by atoms with Crippen LogP contribution in [0.3, 0.4) is 0 Å². The van der Waals surface area contributed by atoms with E-state index >= 15 is 0 Å². The molecule has 160 valence electrons. The van der Waals surface area contributed by atoms with Crippen molar-refractivity contribution >= 4 is 79.7 Å². The van der Waals surface area contributed by atoms with Crippen LogP contribution in [-0.4, -0.2) is 53.4 Å². The summed E-state index contributed by atoms with van der Waals surface area (Å²) < 4.78 is 29.1. The Morgan fingerprint density at radius 1 is 1.03 bits per heavy atom. The number of fused-ring (bicyclic) bond motifs is 1. The fourth-order valence-corrected chi connectivity index (χ4v) is 4.73. The van der Waals surface area contributed by atoms with Gasteiger partial charge in [-0.15, -0.1) is 0 Å². The number of nitrogens with one attached hydrogen (secondary N) is 1. The zero-order chi connectivity index (χ0) is 22.2. The number of halogens is 2. The van der Waals surface area contributed by atoms with Crippen molar-refractivity contribution in [2.75, 3.05) is 0 Å². The third-order valence-electron chi connectivity index (χ3n) is 4.82. The molecule has 0 aliphatic heterocycles. The standard InChI is InChI=1S/C22H17Cl2N3O3S.Na.H/c1-14-25-20-10-9-15(11-21(20)27(14)13-16-5-2-3-8-19(16)24)22(28)26-31(29,30)18-7-4-6-17(23)12-18;;/h2-12H,13H2,1H3,(H,26,28);;. The van der Waals surface area contributed by atoms with Gasteiger partial charge in [-0.25, -0.2) is 18.1 Å². The van der Waals surface area contributed by atoms with Gasteiger partial charge in [0.1, 0.15) is 5.82 Å². The molecule has 10 heteroatoms. The molecule has 6 nitrogen and oxygen atoms in total. The number of aromatic nitrogens is 2. The van der Waals surface area contributed by atoms with Gasteiger partial charge >= 0.3 is 29.6 Å². The van der Waals surface area contributed by atoms with E-state index in [1.54, 1.807) is 18.2 Å². The maximum atomic E-state index is 12.7. The van der Waals surface area contributed by atoms with Crippen molar-refractivity contribution < 1.29 is 13.2 Å². The molecule has 0 atom stereocenters. The Morgan fingerprint density at radius 2 is 1.78 bits per heavy atom. The number of carbonyl (C=O) groups excluding carboxylic acids is 1. The van der Waals surface area contributed by atoms with Crippen LogP contribution in [0.5, 0.6) is 0 Å². The third kappa shape index (κ3) is 5.20. The predicted molar refractivity (Wildman–Crippen MR) is 128 cm³/mol. The summed E-state index contributed by atoms with van der Waals surface area (Å²) in [5, 5.41) is 0.890. The van der Waals surface area contributed by atoms with E-state index in [4.69, 9.17) is 23.2 Å². The molecule has 32 heavy (non-hydrogen) atoms. The van der Waals surface area contributed by atoms with E-state index in [0.29, 0.717) is 22.6 Å². The first kappa shape index (κ1) is 24.8. The summed E-state index contributed by atoms with van der Waals surface area (Å²) in [4.78, 5) is 17.2.